The molecular weight excluding hydrogens is 358 g/mol. The number of rotatable bonds is 5. The minimum atomic E-state index is -0.935. The van der Waals surface area contributed by atoms with Gasteiger partial charge in [-0.05, 0) is 35.9 Å². The molecule has 0 fully saturated rings. The predicted octanol–water partition coefficient (Wildman–Crippen LogP) is 3.66. The number of aromatic nitrogens is 2. The highest BCUT2D eigenvalue weighted by molar-refractivity contribution is 7.83. The number of nitrogens with one attached hydrogen (secondary N) is 1. The van der Waals surface area contributed by atoms with Crippen molar-refractivity contribution in [1.29, 1.82) is 0 Å². The van der Waals surface area contributed by atoms with E-state index in [1.54, 1.807) is 35.3 Å². The van der Waals surface area contributed by atoms with Gasteiger partial charge in [0.25, 0.3) is 5.91 Å². The SMILES string of the molecule is CS(=O)Cc1cccc(NC(=O)c2ccn(-c3ccccc3Cl)n2)c1. The molecule has 128 valence electrons. The van der Waals surface area contributed by atoms with Crippen molar-refractivity contribution in [2.45, 2.75) is 5.75 Å². The molecule has 0 aliphatic heterocycles. The summed E-state index contributed by atoms with van der Waals surface area (Å²) in [6.07, 6.45) is 3.33. The third-order valence-electron chi connectivity index (χ3n) is 3.48. The number of benzene rings is 2. The first kappa shape index (κ1) is 17.4. The molecule has 2 aromatic carbocycles. The molecule has 0 bridgehead atoms. The number of nitrogens with zero attached hydrogens (tertiary/aromatic N) is 2. The van der Waals surface area contributed by atoms with Crippen LogP contribution in [0.3, 0.4) is 0 Å². The fraction of sp³-hybridized carbons (Fsp3) is 0.111. The molecule has 0 saturated heterocycles. The van der Waals surface area contributed by atoms with E-state index in [1.807, 2.05) is 36.4 Å². The standard InChI is InChI=1S/C18H16ClN3O2S/c1-25(24)12-13-5-4-6-14(11-13)20-18(23)16-9-10-22(21-16)17-8-3-2-7-15(17)19/h2-11H,12H2,1H3,(H,20,23). The highest BCUT2D eigenvalue weighted by Crippen LogP contribution is 2.19. The lowest BCUT2D eigenvalue weighted by Gasteiger charge is -2.06. The van der Waals surface area contributed by atoms with Gasteiger partial charge in [-0.15, -0.1) is 0 Å². The molecule has 3 aromatic rings. The van der Waals surface area contributed by atoms with Crippen LogP contribution in [-0.4, -0.2) is 26.2 Å². The Labute approximate surface area is 153 Å². The van der Waals surface area contributed by atoms with Crippen LogP contribution < -0.4 is 5.32 Å². The highest BCUT2D eigenvalue weighted by Gasteiger charge is 2.12. The molecule has 1 heterocycles. The van der Waals surface area contributed by atoms with Gasteiger partial charge in [-0.25, -0.2) is 4.68 Å². The van der Waals surface area contributed by atoms with Gasteiger partial charge in [-0.3, -0.25) is 9.00 Å². The van der Waals surface area contributed by atoms with Gasteiger partial charge in [0.05, 0.1) is 10.7 Å². The van der Waals surface area contributed by atoms with Gasteiger partial charge in [-0.1, -0.05) is 35.9 Å². The molecule has 0 saturated carbocycles. The molecule has 1 unspecified atom stereocenters. The van der Waals surface area contributed by atoms with Crippen molar-refractivity contribution in [1.82, 2.24) is 9.78 Å². The van der Waals surface area contributed by atoms with E-state index >= 15 is 0 Å². The molecule has 0 spiro atoms. The molecule has 0 aliphatic rings. The van der Waals surface area contributed by atoms with Gasteiger partial charge in [0.15, 0.2) is 5.69 Å². The molecule has 7 heteroatoms. The average Bonchev–Trinajstić information content (AvgIpc) is 3.05. The zero-order valence-electron chi connectivity index (χ0n) is 13.5. The number of carbonyl (C=O) groups is 1. The minimum Gasteiger partial charge on any atom is -0.321 e. The maximum Gasteiger partial charge on any atom is 0.276 e. The molecule has 25 heavy (non-hydrogen) atoms. The third kappa shape index (κ3) is 4.35. The Balaban J connectivity index is 1.76. The summed E-state index contributed by atoms with van der Waals surface area (Å²) in [4.78, 5) is 12.4. The Morgan fingerprint density at radius 3 is 2.76 bits per heavy atom. The van der Waals surface area contributed by atoms with Crippen molar-refractivity contribution in [2.75, 3.05) is 11.6 Å². The largest absolute Gasteiger partial charge is 0.321 e. The van der Waals surface area contributed by atoms with Crippen LogP contribution >= 0.6 is 11.6 Å². The topological polar surface area (TPSA) is 64.0 Å². The number of halogens is 1. The molecular formula is C18H16ClN3O2S. The van der Waals surface area contributed by atoms with Crippen LogP contribution in [0.15, 0.2) is 60.8 Å². The fourth-order valence-corrected chi connectivity index (χ4v) is 3.26. The van der Waals surface area contributed by atoms with Gasteiger partial charge in [-0.2, -0.15) is 5.10 Å². The summed E-state index contributed by atoms with van der Waals surface area (Å²) in [5.74, 6) is 0.130. The summed E-state index contributed by atoms with van der Waals surface area (Å²) >= 11 is 6.15. The summed E-state index contributed by atoms with van der Waals surface area (Å²) in [6.45, 7) is 0. The fourth-order valence-electron chi connectivity index (χ4n) is 2.39. The minimum absolute atomic E-state index is 0.282. The summed E-state index contributed by atoms with van der Waals surface area (Å²) in [5.41, 5.74) is 2.53. The Hall–Kier alpha value is -2.44. The van der Waals surface area contributed by atoms with Crippen molar-refractivity contribution < 1.29 is 9.00 Å². The van der Waals surface area contributed by atoms with E-state index in [1.165, 1.54) is 0 Å². The van der Waals surface area contributed by atoms with Crippen molar-refractivity contribution in [3.8, 4) is 5.69 Å². The second-order valence-electron chi connectivity index (χ2n) is 5.47. The smallest absolute Gasteiger partial charge is 0.276 e. The van der Waals surface area contributed by atoms with Crippen LogP contribution in [0.25, 0.3) is 5.69 Å². The van der Waals surface area contributed by atoms with E-state index in [-0.39, 0.29) is 11.6 Å². The van der Waals surface area contributed by atoms with Crippen LogP contribution in [-0.2, 0) is 16.6 Å². The number of anilines is 1. The van der Waals surface area contributed by atoms with Gasteiger partial charge in [0.1, 0.15) is 0 Å². The van der Waals surface area contributed by atoms with Crippen molar-refractivity contribution in [3.63, 3.8) is 0 Å². The summed E-state index contributed by atoms with van der Waals surface area (Å²) < 4.78 is 12.9. The first-order chi connectivity index (χ1) is 12.0. The molecule has 0 aliphatic carbocycles. The number of hydrogen-bond acceptors (Lipinski definition) is 3. The van der Waals surface area contributed by atoms with Crippen molar-refractivity contribution in [3.05, 3.63) is 77.1 Å². The molecule has 0 radical (unpaired) electrons. The number of carbonyl (C=O) groups excluding carboxylic acids is 1. The van der Waals surface area contributed by atoms with E-state index in [4.69, 9.17) is 11.6 Å². The molecule has 3 rings (SSSR count). The van der Waals surface area contributed by atoms with E-state index in [0.717, 1.165) is 5.56 Å². The first-order valence-electron chi connectivity index (χ1n) is 7.54. The van der Waals surface area contributed by atoms with Crippen LogP contribution in [0, 0.1) is 0 Å². The monoisotopic (exact) mass is 373 g/mol. The lowest BCUT2D eigenvalue weighted by atomic mass is 10.2. The average molecular weight is 374 g/mol. The number of amides is 1. The summed E-state index contributed by atoms with van der Waals surface area (Å²) in [6, 6.07) is 16.2. The van der Waals surface area contributed by atoms with E-state index in [9.17, 15) is 9.00 Å². The molecule has 1 N–H and O–H groups in total. The third-order valence-corrected chi connectivity index (χ3v) is 4.54. The lowest BCUT2D eigenvalue weighted by Crippen LogP contribution is -2.13. The lowest BCUT2D eigenvalue weighted by molar-refractivity contribution is 0.102. The Bertz CT molecular complexity index is 939. The van der Waals surface area contributed by atoms with Gasteiger partial charge < -0.3 is 5.32 Å². The second-order valence-corrected chi connectivity index (χ2v) is 7.31. The summed E-state index contributed by atoms with van der Waals surface area (Å²) in [7, 11) is -0.935. The van der Waals surface area contributed by atoms with Crippen LogP contribution in [0.1, 0.15) is 16.1 Å². The van der Waals surface area contributed by atoms with Crippen molar-refractivity contribution >= 4 is 34.0 Å². The zero-order chi connectivity index (χ0) is 17.8. The molecule has 5 nitrogen and oxygen atoms in total. The first-order valence-corrected chi connectivity index (χ1v) is 9.64. The van der Waals surface area contributed by atoms with Crippen molar-refractivity contribution in [2.24, 2.45) is 0 Å². The maximum atomic E-state index is 12.4. The Kier molecular flexibility index (Phi) is 5.31. The predicted molar refractivity (Wildman–Crippen MR) is 101 cm³/mol. The number of para-hydroxylation sites is 1. The quantitative estimate of drug-likeness (QED) is 0.742. The van der Waals surface area contributed by atoms with Crippen LogP contribution in [0.4, 0.5) is 5.69 Å². The van der Waals surface area contributed by atoms with Crippen LogP contribution in [0.5, 0.6) is 0 Å². The van der Waals surface area contributed by atoms with E-state index in [2.05, 4.69) is 10.4 Å². The molecule has 1 aromatic heterocycles. The Morgan fingerprint density at radius 2 is 2.00 bits per heavy atom. The van der Waals surface area contributed by atoms with E-state index in [0.29, 0.717) is 22.2 Å². The molecule has 1 atom stereocenters. The van der Waals surface area contributed by atoms with Gasteiger partial charge in [0, 0.05) is 34.7 Å². The van der Waals surface area contributed by atoms with E-state index < -0.39 is 10.8 Å². The zero-order valence-corrected chi connectivity index (χ0v) is 15.1. The highest BCUT2D eigenvalue weighted by atomic mass is 35.5. The normalized spacial score (nSPS) is 11.9. The maximum absolute atomic E-state index is 12.4. The second kappa shape index (κ2) is 7.63. The number of hydrogen-bond donors (Lipinski definition) is 1. The molecule has 1 amide bonds. The van der Waals surface area contributed by atoms with Crippen LogP contribution in [0.2, 0.25) is 5.02 Å². The van der Waals surface area contributed by atoms with Gasteiger partial charge >= 0.3 is 0 Å². The Morgan fingerprint density at radius 1 is 1.20 bits per heavy atom. The van der Waals surface area contributed by atoms with Gasteiger partial charge in [0.2, 0.25) is 0 Å². The summed E-state index contributed by atoms with van der Waals surface area (Å²) in [5, 5.41) is 7.64.